The van der Waals surface area contributed by atoms with Crippen molar-refractivity contribution in [3.63, 3.8) is 0 Å². The molecule has 0 radical (unpaired) electrons. The van der Waals surface area contributed by atoms with E-state index in [4.69, 9.17) is 0 Å². The Morgan fingerprint density at radius 1 is 1.45 bits per heavy atom. The molecule has 2 aromatic rings. The molecule has 8 heteroatoms. The maximum atomic E-state index is 12.5. The van der Waals surface area contributed by atoms with E-state index in [0.29, 0.717) is 17.4 Å². The Morgan fingerprint density at radius 3 is 3.05 bits per heavy atom. The van der Waals surface area contributed by atoms with E-state index in [-0.39, 0.29) is 17.9 Å². The molecule has 2 amide bonds. The lowest BCUT2D eigenvalue weighted by molar-refractivity contribution is -0.114. The quantitative estimate of drug-likeness (QED) is 0.935. The van der Waals surface area contributed by atoms with E-state index in [1.54, 1.807) is 17.9 Å². The fourth-order valence-corrected chi connectivity index (χ4v) is 3.34. The molecule has 1 unspecified atom stereocenters. The van der Waals surface area contributed by atoms with Gasteiger partial charge in [0.25, 0.3) is 5.91 Å². The zero-order chi connectivity index (χ0) is 15.5. The lowest BCUT2D eigenvalue weighted by Crippen LogP contribution is -2.40. The average Bonchev–Trinajstić information content (AvgIpc) is 3.17. The van der Waals surface area contributed by atoms with Gasteiger partial charge in [0.1, 0.15) is 5.69 Å². The number of carbonyl (C=O) groups is 2. The molecule has 1 N–H and O–H groups in total. The first-order chi connectivity index (χ1) is 10.6. The van der Waals surface area contributed by atoms with Crippen LogP contribution in [0.25, 0.3) is 0 Å². The molecule has 1 aliphatic rings. The fraction of sp³-hybridized carbons (Fsp3) is 0.429. The van der Waals surface area contributed by atoms with Crippen molar-refractivity contribution in [3.05, 3.63) is 29.8 Å². The SMILES string of the molecule is CC(=O)Nc1nc(C(=O)N2CCCC(n3ccnc3)C2)cs1. The summed E-state index contributed by atoms with van der Waals surface area (Å²) in [6.07, 6.45) is 7.46. The minimum atomic E-state index is -0.188. The Kier molecular flexibility index (Phi) is 4.19. The van der Waals surface area contributed by atoms with Crippen molar-refractivity contribution < 1.29 is 9.59 Å². The summed E-state index contributed by atoms with van der Waals surface area (Å²) >= 11 is 1.26. The van der Waals surface area contributed by atoms with Crippen LogP contribution in [-0.4, -0.2) is 44.3 Å². The molecule has 2 aromatic heterocycles. The van der Waals surface area contributed by atoms with Crippen molar-refractivity contribution >= 4 is 28.3 Å². The molecule has 3 rings (SSSR count). The normalized spacial score (nSPS) is 18.2. The van der Waals surface area contributed by atoms with Gasteiger partial charge in [-0.05, 0) is 12.8 Å². The van der Waals surface area contributed by atoms with Crippen LogP contribution in [0.3, 0.4) is 0 Å². The van der Waals surface area contributed by atoms with Crippen LogP contribution in [0.1, 0.15) is 36.3 Å². The third-order valence-electron chi connectivity index (χ3n) is 3.64. The second kappa shape index (κ2) is 6.27. The Hall–Kier alpha value is -2.22. The Morgan fingerprint density at radius 2 is 2.32 bits per heavy atom. The number of hydrogen-bond donors (Lipinski definition) is 1. The van der Waals surface area contributed by atoms with E-state index in [2.05, 4.69) is 15.3 Å². The minimum Gasteiger partial charge on any atom is -0.335 e. The van der Waals surface area contributed by atoms with Gasteiger partial charge in [-0.25, -0.2) is 9.97 Å². The number of thiazole rings is 1. The smallest absolute Gasteiger partial charge is 0.273 e. The minimum absolute atomic E-state index is 0.0855. The summed E-state index contributed by atoms with van der Waals surface area (Å²) in [4.78, 5) is 33.6. The van der Waals surface area contributed by atoms with Gasteiger partial charge in [0, 0.05) is 37.8 Å². The van der Waals surface area contributed by atoms with Crippen LogP contribution in [-0.2, 0) is 4.79 Å². The van der Waals surface area contributed by atoms with Gasteiger partial charge in [0.15, 0.2) is 5.13 Å². The first-order valence-electron chi connectivity index (χ1n) is 7.13. The molecule has 0 spiro atoms. The van der Waals surface area contributed by atoms with E-state index in [0.717, 1.165) is 19.4 Å². The predicted octanol–water partition coefficient (Wildman–Crippen LogP) is 1.78. The number of hydrogen-bond acceptors (Lipinski definition) is 5. The van der Waals surface area contributed by atoms with Crippen molar-refractivity contribution in [2.75, 3.05) is 18.4 Å². The van der Waals surface area contributed by atoms with Crippen molar-refractivity contribution in [1.29, 1.82) is 0 Å². The maximum Gasteiger partial charge on any atom is 0.273 e. The molecule has 0 aliphatic carbocycles. The van der Waals surface area contributed by atoms with Crippen LogP contribution in [0.4, 0.5) is 5.13 Å². The van der Waals surface area contributed by atoms with Crippen LogP contribution >= 0.6 is 11.3 Å². The Labute approximate surface area is 132 Å². The van der Waals surface area contributed by atoms with Crippen LogP contribution in [0.5, 0.6) is 0 Å². The number of carbonyl (C=O) groups excluding carboxylic acids is 2. The topological polar surface area (TPSA) is 80.1 Å². The van der Waals surface area contributed by atoms with Crippen LogP contribution in [0.2, 0.25) is 0 Å². The predicted molar refractivity (Wildman–Crippen MR) is 82.8 cm³/mol. The van der Waals surface area contributed by atoms with E-state index >= 15 is 0 Å². The van der Waals surface area contributed by atoms with Gasteiger partial charge in [0.2, 0.25) is 5.91 Å². The standard InChI is InChI=1S/C14H17N5O2S/c1-10(20)16-14-17-12(8-22-14)13(21)18-5-2-3-11(7-18)19-6-4-15-9-19/h4,6,8-9,11H,2-3,5,7H2,1H3,(H,16,17,20). The molecule has 7 nitrogen and oxygen atoms in total. The molecular weight excluding hydrogens is 302 g/mol. The van der Waals surface area contributed by atoms with E-state index in [1.165, 1.54) is 18.3 Å². The van der Waals surface area contributed by atoms with Gasteiger partial charge in [-0.2, -0.15) is 0 Å². The summed E-state index contributed by atoms with van der Waals surface area (Å²) < 4.78 is 2.04. The summed E-state index contributed by atoms with van der Waals surface area (Å²) in [6, 6.07) is 0.258. The number of likely N-dealkylation sites (tertiary alicyclic amines) is 1. The third-order valence-corrected chi connectivity index (χ3v) is 4.39. The highest BCUT2D eigenvalue weighted by atomic mass is 32.1. The molecule has 116 valence electrons. The molecule has 0 bridgehead atoms. The number of aromatic nitrogens is 3. The average molecular weight is 319 g/mol. The maximum absolute atomic E-state index is 12.5. The molecule has 1 atom stereocenters. The van der Waals surface area contributed by atoms with Crippen LogP contribution in [0, 0.1) is 0 Å². The Balaban J connectivity index is 1.69. The lowest BCUT2D eigenvalue weighted by atomic mass is 10.1. The zero-order valence-electron chi connectivity index (χ0n) is 12.2. The molecule has 3 heterocycles. The molecule has 22 heavy (non-hydrogen) atoms. The van der Waals surface area contributed by atoms with Crippen molar-refractivity contribution in [2.24, 2.45) is 0 Å². The van der Waals surface area contributed by atoms with Crippen molar-refractivity contribution in [3.8, 4) is 0 Å². The summed E-state index contributed by atoms with van der Waals surface area (Å²) in [7, 11) is 0. The number of rotatable bonds is 3. The van der Waals surface area contributed by atoms with Gasteiger partial charge in [-0.15, -0.1) is 11.3 Å². The van der Waals surface area contributed by atoms with Gasteiger partial charge < -0.3 is 14.8 Å². The van der Waals surface area contributed by atoms with Crippen molar-refractivity contribution in [1.82, 2.24) is 19.4 Å². The number of imidazole rings is 1. The second-order valence-corrected chi connectivity index (χ2v) is 6.13. The summed E-state index contributed by atoms with van der Waals surface area (Å²) in [5.74, 6) is -0.274. The zero-order valence-corrected chi connectivity index (χ0v) is 13.0. The largest absolute Gasteiger partial charge is 0.335 e. The molecule has 0 saturated carbocycles. The summed E-state index contributed by atoms with van der Waals surface area (Å²) in [6.45, 7) is 2.81. The highest BCUT2D eigenvalue weighted by molar-refractivity contribution is 7.14. The van der Waals surface area contributed by atoms with Gasteiger partial charge in [-0.1, -0.05) is 0 Å². The van der Waals surface area contributed by atoms with Gasteiger partial charge in [0.05, 0.1) is 12.4 Å². The van der Waals surface area contributed by atoms with E-state index in [1.807, 2.05) is 15.7 Å². The first-order valence-corrected chi connectivity index (χ1v) is 8.01. The fourth-order valence-electron chi connectivity index (χ4n) is 2.61. The highest BCUT2D eigenvalue weighted by Gasteiger charge is 2.26. The molecular formula is C14H17N5O2S. The number of piperidine rings is 1. The first kappa shape index (κ1) is 14.7. The van der Waals surface area contributed by atoms with Crippen LogP contribution < -0.4 is 5.32 Å². The van der Waals surface area contributed by atoms with E-state index < -0.39 is 0 Å². The van der Waals surface area contributed by atoms with Gasteiger partial charge >= 0.3 is 0 Å². The summed E-state index contributed by atoms with van der Waals surface area (Å²) in [5, 5.41) is 4.75. The number of anilines is 1. The number of amides is 2. The molecule has 1 saturated heterocycles. The third kappa shape index (κ3) is 3.16. The molecule has 0 aromatic carbocycles. The summed E-state index contributed by atoms with van der Waals surface area (Å²) in [5.41, 5.74) is 0.389. The molecule has 1 aliphatic heterocycles. The van der Waals surface area contributed by atoms with E-state index in [9.17, 15) is 9.59 Å². The van der Waals surface area contributed by atoms with Crippen molar-refractivity contribution in [2.45, 2.75) is 25.8 Å². The highest BCUT2D eigenvalue weighted by Crippen LogP contribution is 2.24. The monoisotopic (exact) mass is 319 g/mol. The second-order valence-electron chi connectivity index (χ2n) is 5.28. The number of nitrogens with one attached hydrogen (secondary N) is 1. The number of nitrogens with zero attached hydrogens (tertiary/aromatic N) is 4. The van der Waals surface area contributed by atoms with Crippen LogP contribution in [0.15, 0.2) is 24.1 Å². The Bertz CT molecular complexity index is 667. The molecule has 1 fully saturated rings. The van der Waals surface area contributed by atoms with Gasteiger partial charge in [-0.3, -0.25) is 9.59 Å². The lowest BCUT2D eigenvalue weighted by Gasteiger charge is -2.32.